The minimum atomic E-state index is -3.08. The average Bonchev–Trinajstić information content (AvgIpc) is 2.79. The molecule has 6 heteroatoms. The lowest BCUT2D eigenvalue weighted by Gasteiger charge is -2.14. The van der Waals surface area contributed by atoms with Crippen LogP contribution in [0, 0.1) is 22.7 Å². The third-order valence-corrected chi connectivity index (χ3v) is 4.24. The van der Waals surface area contributed by atoms with Crippen LogP contribution in [0.4, 0.5) is 0 Å². The zero-order valence-corrected chi connectivity index (χ0v) is 12.0. The van der Waals surface area contributed by atoms with Gasteiger partial charge in [0.05, 0.1) is 16.9 Å². The van der Waals surface area contributed by atoms with E-state index < -0.39 is 9.84 Å². The van der Waals surface area contributed by atoms with Crippen LogP contribution in [-0.2, 0) is 9.84 Å². The highest BCUT2D eigenvalue weighted by atomic mass is 32.2. The van der Waals surface area contributed by atoms with Gasteiger partial charge in [0.2, 0.25) is 0 Å². The SMILES string of the molecule is CC(CS(C)(=O)=O)n1ccc2c(C#N)c(C#N)ccc21. The number of nitrogens with zero attached hydrogens (tertiary/aromatic N) is 3. The molecular formula is C14H13N3O2S. The van der Waals surface area contributed by atoms with E-state index in [2.05, 4.69) is 0 Å². The van der Waals surface area contributed by atoms with Crippen molar-refractivity contribution in [1.82, 2.24) is 4.57 Å². The summed E-state index contributed by atoms with van der Waals surface area (Å²) < 4.78 is 24.6. The third kappa shape index (κ3) is 2.52. The van der Waals surface area contributed by atoms with Crippen LogP contribution < -0.4 is 0 Å². The van der Waals surface area contributed by atoms with Crippen molar-refractivity contribution in [2.45, 2.75) is 13.0 Å². The molecule has 0 amide bonds. The molecule has 0 spiro atoms. The van der Waals surface area contributed by atoms with Crippen LogP contribution in [0.5, 0.6) is 0 Å². The lowest BCUT2D eigenvalue weighted by molar-refractivity contribution is 0.570. The predicted molar refractivity (Wildman–Crippen MR) is 75.8 cm³/mol. The highest BCUT2D eigenvalue weighted by molar-refractivity contribution is 7.90. The second kappa shape index (κ2) is 4.99. The van der Waals surface area contributed by atoms with Crippen molar-refractivity contribution in [3.05, 3.63) is 35.5 Å². The molecule has 102 valence electrons. The number of aromatic nitrogens is 1. The molecule has 0 aliphatic rings. The van der Waals surface area contributed by atoms with Crippen LogP contribution in [0.2, 0.25) is 0 Å². The molecular weight excluding hydrogens is 274 g/mol. The van der Waals surface area contributed by atoms with E-state index in [1.54, 1.807) is 24.4 Å². The molecule has 0 aliphatic heterocycles. The van der Waals surface area contributed by atoms with Gasteiger partial charge in [0.15, 0.2) is 0 Å². The second-order valence-corrected chi connectivity index (χ2v) is 6.99. The standard InChI is InChI=1S/C14H13N3O2S/c1-10(9-20(2,18)19)17-6-5-12-13(8-16)11(7-15)3-4-14(12)17/h3-6,10H,9H2,1-2H3. The van der Waals surface area contributed by atoms with Crippen LogP contribution in [-0.4, -0.2) is 25.0 Å². The number of benzene rings is 1. The van der Waals surface area contributed by atoms with Crippen molar-refractivity contribution in [1.29, 1.82) is 10.5 Å². The zero-order chi connectivity index (χ0) is 14.9. The van der Waals surface area contributed by atoms with Crippen molar-refractivity contribution < 1.29 is 8.42 Å². The molecule has 1 atom stereocenters. The topological polar surface area (TPSA) is 86.7 Å². The molecule has 2 aromatic rings. The fourth-order valence-corrected chi connectivity index (χ4v) is 3.39. The molecule has 0 radical (unpaired) electrons. The minimum Gasteiger partial charge on any atom is -0.344 e. The first-order valence-corrected chi connectivity index (χ1v) is 8.05. The monoisotopic (exact) mass is 287 g/mol. The van der Waals surface area contributed by atoms with Crippen LogP contribution >= 0.6 is 0 Å². The van der Waals surface area contributed by atoms with Gasteiger partial charge in [-0.25, -0.2) is 8.42 Å². The van der Waals surface area contributed by atoms with Gasteiger partial charge >= 0.3 is 0 Å². The first kappa shape index (κ1) is 14.1. The van der Waals surface area contributed by atoms with E-state index in [-0.39, 0.29) is 11.8 Å². The first-order valence-electron chi connectivity index (χ1n) is 5.99. The second-order valence-electron chi connectivity index (χ2n) is 4.81. The minimum absolute atomic E-state index is 0.0265. The molecule has 0 N–H and O–H groups in total. The average molecular weight is 287 g/mol. The Hall–Kier alpha value is -2.31. The van der Waals surface area contributed by atoms with E-state index in [1.807, 2.05) is 23.6 Å². The number of sulfone groups is 1. The summed E-state index contributed by atoms with van der Waals surface area (Å²) in [6, 6.07) is 8.86. The molecule has 1 aromatic carbocycles. The lowest BCUT2D eigenvalue weighted by atomic mass is 10.1. The quantitative estimate of drug-likeness (QED) is 0.863. The number of rotatable bonds is 3. The van der Waals surface area contributed by atoms with Crippen LogP contribution in [0.3, 0.4) is 0 Å². The van der Waals surface area contributed by atoms with Crippen molar-refractivity contribution >= 4 is 20.7 Å². The van der Waals surface area contributed by atoms with E-state index in [0.29, 0.717) is 16.5 Å². The first-order chi connectivity index (χ1) is 9.37. The van der Waals surface area contributed by atoms with Crippen molar-refractivity contribution in [3.63, 3.8) is 0 Å². The van der Waals surface area contributed by atoms with Gasteiger partial charge in [0.1, 0.15) is 22.0 Å². The van der Waals surface area contributed by atoms with Crippen LogP contribution in [0.1, 0.15) is 24.1 Å². The number of hydrogen-bond acceptors (Lipinski definition) is 4. The maximum absolute atomic E-state index is 11.4. The summed E-state index contributed by atoms with van der Waals surface area (Å²) in [6.07, 6.45) is 2.95. The Balaban J connectivity index is 2.60. The Labute approximate surface area is 117 Å². The zero-order valence-electron chi connectivity index (χ0n) is 11.2. The summed E-state index contributed by atoms with van der Waals surface area (Å²) in [4.78, 5) is 0. The van der Waals surface area contributed by atoms with E-state index in [1.165, 1.54) is 6.26 Å². The van der Waals surface area contributed by atoms with Gasteiger partial charge in [0, 0.05) is 29.4 Å². The molecule has 0 fully saturated rings. The molecule has 20 heavy (non-hydrogen) atoms. The van der Waals surface area contributed by atoms with Gasteiger partial charge in [-0.2, -0.15) is 10.5 Å². The predicted octanol–water partition coefficient (Wildman–Crippen LogP) is 1.99. The summed E-state index contributed by atoms with van der Waals surface area (Å²) in [6.45, 7) is 1.81. The van der Waals surface area contributed by atoms with Crippen molar-refractivity contribution in [2.24, 2.45) is 0 Å². The molecule has 0 aliphatic carbocycles. The summed E-state index contributed by atoms with van der Waals surface area (Å²) in [5.41, 5.74) is 1.42. The molecule has 0 bridgehead atoms. The Bertz CT molecular complexity index is 851. The van der Waals surface area contributed by atoms with E-state index in [0.717, 1.165) is 5.52 Å². The highest BCUT2D eigenvalue weighted by Crippen LogP contribution is 2.26. The Morgan fingerprint density at radius 3 is 2.50 bits per heavy atom. The molecule has 5 nitrogen and oxygen atoms in total. The smallest absolute Gasteiger partial charge is 0.149 e. The van der Waals surface area contributed by atoms with Gasteiger partial charge in [-0.05, 0) is 25.1 Å². The van der Waals surface area contributed by atoms with Gasteiger partial charge in [-0.1, -0.05) is 0 Å². The van der Waals surface area contributed by atoms with Crippen molar-refractivity contribution in [2.75, 3.05) is 12.0 Å². The van der Waals surface area contributed by atoms with Gasteiger partial charge < -0.3 is 4.57 Å². The number of nitriles is 2. The molecule has 1 aromatic heterocycles. The molecule has 0 saturated heterocycles. The third-order valence-electron chi connectivity index (χ3n) is 3.15. The summed E-state index contributed by atoms with van der Waals surface area (Å²) >= 11 is 0. The van der Waals surface area contributed by atoms with Crippen molar-refractivity contribution in [3.8, 4) is 12.1 Å². The summed E-state index contributed by atoms with van der Waals surface area (Å²) in [5, 5.41) is 18.8. The normalized spacial score (nSPS) is 12.8. The highest BCUT2D eigenvalue weighted by Gasteiger charge is 2.16. The number of hydrogen-bond donors (Lipinski definition) is 0. The van der Waals surface area contributed by atoms with E-state index >= 15 is 0 Å². The molecule has 2 rings (SSSR count). The maximum atomic E-state index is 11.4. The van der Waals surface area contributed by atoms with Crippen LogP contribution in [0.25, 0.3) is 10.9 Å². The lowest BCUT2D eigenvalue weighted by Crippen LogP contribution is -2.15. The summed E-state index contributed by atoms with van der Waals surface area (Å²) in [7, 11) is -3.08. The van der Waals surface area contributed by atoms with E-state index in [4.69, 9.17) is 5.26 Å². The largest absolute Gasteiger partial charge is 0.344 e. The molecule has 0 saturated carbocycles. The Morgan fingerprint density at radius 1 is 1.25 bits per heavy atom. The molecule has 1 unspecified atom stereocenters. The van der Waals surface area contributed by atoms with Gasteiger partial charge in [0.25, 0.3) is 0 Å². The van der Waals surface area contributed by atoms with E-state index in [9.17, 15) is 13.7 Å². The maximum Gasteiger partial charge on any atom is 0.149 e. The fourth-order valence-electron chi connectivity index (χ4n) is 2.35. The van der Waals surface area contributed by atoms with Crippen LogP contribution in [0.15, 0.2) is 24.4 Å². The van der Waals surface area contributed by atoms with Gasteiger partial charge in [-0.15, -0.1) is 0 Å². The summed E-state index contributed by atoms with van der Waals surface area (Å²) in [5.74, 6) is 0.0265. The Kier molecular flexibility index (Phi) is 3.52. The number of fused-ring (bicyclic) bond motifs is 1. The van der Waals surface area contributed by atoms with Gasteiger partial charge in [-0.3, -0.25) is 0 Å². The Morgan fingerprint density at radius 2 is 1.95 bits per heavy atom. The fraction of sp³-hybridized carbons (Fsp3) is 0.286. The molecule has 1 heterocycles.